The van der Waals surface area contributed by atoms with E-state index in [1.807, 2.05) is 52.8 Å². The third-order valence-electron chi connectivity index (χ3n) is 2.08. The van der Waals surface area contributed by atoms with Crippen LogP contribution < -0.4 is 10.9 Å². The Hall–Kier alpha value is -1.71. The fourth-order valence-electron chi connectivity index (χ4n) is 1.38. The van der Waals surface area contributed by atoms with E-state index in [-0.39, 0.29) is 0 Å². The molecule has 17 heavy (non-hydrogen) atoms. The van der Waals surface area contributed by atoms with E-state index in [9.17, 15) is 4.79 Å². The van der Waals surface area contributed by atoms with Gasteiger partial charge in [-0.15, -0.1) is 0 Å². The van der Waals surface area contributed by atoms with Crippen molar-refractivity contribution >= 4 is 11.8 Å². The molecule has 0 atom stereocenters. The number of benzene rings is 1. The third kappa shape index (κ3) is 4.76. The topological polar surface area (TPSA) is 50.4 Å². The van der Waals surface area contributed by atoms with E-state index in [1.54, 1.807) is 0 Å². The van der Waals surface area contributed by atoms with Crippen LogP contribution in [-0.4, -0.2) is 11.7 Å². The lowest BCUT2D eigenvalue weighted by molar-refractivity contribution is 0.0541. The Morgan fingerprint density at radius 1 is 1.24 bits per heavy atom. The van der Waals surface area contributed by atoms with Crippen LogP contribution in [0.3, 0.4) is 0 Å². The summed E-state index contributed by atoms with van der Waals surface area (Å²) in [6.07, 6.45) is -0.488. The molecule has 4 nitrogen and oxygen atoms in total. The Balaban J connectivity index is 2.53. The molecular formula is C13H20N2O2. The normalized spacial score (nSPS) is 10.9. The highest BCUT2D eigenvalue weighted by atomic mass is 16.6. The van der Waals surface area contributed by atoms with E-state index in [0.29, 0.717) is 0 Å². The second-order valence-corrected chi connectivity index (χ2v) is 5.07. The summed E-state index contributed by atoms with van der Waals surface area (Å²) in [6.45, 7) is 9.47. The number of ether oxygens (including phenoxy) is 1. The number of amides is 1. The van der Waals surface area contributed by atoms with Gasteiger partial charge in [0.1, 0.15) is 5.60 Å². The number of hydrazine groups is 1. The van der Waals surface area contributed by atoms with Crippen molar-refractivity contribution in [3.8, 4) is 0 Å². The van der Waals surface area contributed by atoms with Crippen molar-refractivity contribution in [1.82, 2.24) is 5.43 Å². The summed E-state index contributed by atoms with van der Waals surface area (Å²) in [6, 6.07) is 5.94. The molecule has 0 unspecified atom stereocenters. The average Bonchev–Trinajstić information content (AvgIpc) is 2.13. The van der Waals surface area contributed by atoms with Gasteiger partial charge >= 0.3 is 6.09 Å². The summed E-state index contributed by atoms with van der Waals surface area (Å²) in [5.41, 5.74) is 7.97. The molecule has 0 fully saturated rings. The molecule has 0 bridgehead atoms. The molecule has 1 amide bonds. The van der Waals surface area contributed by atoms with Gasteiger partial charge in [0.25, 0.3) is 0 Å². The monoisotopic (exact) mass is 236 g/mol. The average molecular weight is 236 g/mol. The number of nitrogens with one attached hydrogen (secondary N) is 2. The van der Waals surface area contributed by atoms with Gasteiger partial charge < -0.3 is 4.74 Å². The first kappa shape index (κ1) is 13.4. The molecule has 1 aromatic carbocycles. The van der Waals surface area contributed by atoms with Gasteiger partial charge in [0.15, 0.2) is 0 Å². The molecule has 2 N–H and O–H groups in total. The fourth-order valence-corrected chi connectivity index (χ4v) is 1.38. The molecule has 0 saturated heterocycles. The van der Waals surface area contributed by atoms with E-state index in [4.69, 9.17) is 4.74 Å². The van der Waals surface area contributed by atoms with Crippen molar-refractivity contribution < 1.29 is 9.53 Å². The van der Waals surface area contributed by atoms with Gasteiger partial charge in [-0.1, -0.05) is 17.7 Å². The quantitative estimate of drug-likeness (QED) is 0.775. The van der Waals surface area contributed by atoms with Crippen molar-refractivity contribution in [1.29, 1.82) is 0 Å². The maximum Gasteiger partial charge on any atom is 0.426 e. The molecule has 0 aliphatic heterocycles. The van der Waals surface area contributed by atoms with Crippen molar-refractivity contribution in [2.75, 3.05) is 5.43 Å². The number of carbonyl (C=O) groups is 1. The lowest BCUT2D eigenvalue weighted by Gasteiger charge is -2.20. The zero-order valence-electron chi connectivity index (χ0n) is 11.0. The first-order chi connectivity index (χ1) is 7.78. The predicted octanol–water partition coefficient (Wildman–Crippen LogP) is 3.16. The van der Waals surface area contributed by atoms with Gasteiger partial charge in [0.05, 0.1) is 5.69 Å². The largest absolute Gasteiger partial charge is 0.443 e. The van der Waals surface area contributed by atoms with Crippen LogP contribution in [0.4, 0.5) is 10.5 Å². The van der Waals surface area contributed by atoms with Crippen LogP contribution in [0.25, 0.3) is 0 Å². The van der Waals surface area contributed by atoms with Crippen LogP contribution in [0.5, 0.6) is 0 Å². The van der Waals surface area contributed by atoms with Crippen LogP contribution in [0.2, 0.25) is 0 Å². The first-order valence-corrected chi connectivity index (χ1v) is 5.60. The number of rotatable bonds is 2. The zero-order valence-corrected chi connectivity index (χ0v) is 11.0. The first-order valence-electron chi connectivity index (χ1n) is 5.60. The highest BCUT2D eigenvalue weighted by Gasteiger charge is 2.15. The zero-order chi connectivity index (χ0) is 13.1. The number of aryl methyl sites for hydroxylation is 2. The van der Waals surface area contributed by atoms with Crippen molar-refractivity contribution in [2.24, 2.45) is 0 Å². The molecule has 0 aliphatic rings. The Morgan fingerprint density at radius 2 is 1.88 bits per heavy atom. The molecule has 0 aliphatic carbocycles. The summed E-state index contributed by atoms with van der Waals surface area (Å²) in [4.78, 5) is 11.4. The molecule has 0 radical (unpaired) electrons. The summed E-state index contributed by atoms with van der Waals surface area (Å²) in [5, 5.41) is 0. The molecule has 0 spiro atoms. The molecule has 4 heteroatoms. The molecule has 94 valence electrons. The highest BCUT2D eigenvalue weighted by molar-refractivity contribution is 5.70. The van der Waals surface area contributed by atoms with E-state index >= 15 is 0 Å². The SMILES string of the molecule is Cc1ccc(NNC(=O)OC(C)(C)C)c(C)c1. The van der Waals surface area contributed by atoms with Gasteiger partial charge in [-0.05, 0) is 46.2 Å². The molecule has 0 saturated carbocycles. The van der Waals surface area contributed by atoms with Crippen molar-refractivity contribution in [2.45, 2.75) is 40.2 Å². The van der Waals surface area contributed by atoms with Gasteiger partial charge in [-0.3, -0.25) is 5.43 Å². The lowest BCUT2D eigenvalue weighted by atomic mass is 10.1. The van der Waals surface area contributed by atoms with Crippen LogP contribution in [0, 0.1) is 13.8 Å². The van der Waals surface area contributed by atoms with E-state index < -0.39 is 11.7 Å². The van der Waals surface area contributed by atoms with Gasteiger partial charge in [-0.25, -0.2) is 10.2 Å². The minimum Gasteiger partial charge on any atom is -0.443 e. The lowest BCUT2D eigenvalue weighted by Crippen LogP contribution is -2.35. The maximum atomic E-state index is 11.4. The standard InChI is InChI=1S/C13H20N2O2/c1-9-6-7-11(10(2)8-9)14-15-12(16)17-13(3,4)5/h6-8,14H,1-5H3,(H,15,16). The van der Waals surface area contributed by atoms with E-state index in [0.717, 1.165) is 11.3 Å². The predicted molar refractivity (Wildman–Crippen MR) is 68.9 cm³/mol. The number of hydrogen-bond donors (Lipinski definition) is 2. The smallest absolute Gasteiger partial charge is 0.426 e. The molecule has 0 aromatic heterocycles. The van der Waals surface area contributed by atoms with Crippen molar-refractivity contribution in [3.05, 3.63) is 29.3 Å². The second-order valence-electron chi connectivity index (χ2n) is 5.07. The Kier molecular flexibility index (Phi) is 3.99. The summed E-state index contributed by atoms with van der Waals surface area (Å²) >= 11 is 0. The Bertz CT molecular complexity index is 408. The summed E-state index contributed by atoms with van der Waals surface area (Å²) in [7, 11) is 0. The third-order valence-corrected chi connectivity index (χ3v) is 2.08. The highest BCUT2D eigenvalue weighted by Crippen LogP contribution is 2.15. The van der Waals surface area contributed by atoms with Crippen LogP contribution in [0.15, 0.2) is 18.2 Å². The molecular weight excluding hydrogens is 216 g/mol. The Morgan fingerprint density at radius 3 is 2.41 bits per heavy atom. The number of hydrogen-bond acceptors (Lipinski definition) is 3. The Labute approximate surface area is 102 Å². The summed E-state index contributed by atoms with van der Waals surface area (Å²) < 4.78 is 5.11. The fraction of sp³-hybridized carbons (Fsp3) is 0.462. The second kappa shape index (κ2) is 5.08. The van der Waals surface area contributed by atoms with Gasteiger partial charge in [0.2, 0.25) is 0 Å². The van der Waals surface area contributed by atoms with Gasteiger partial charge in [0, 0.05) is 0 Å². The van der Waals surface area contributed by atoms with Crippen LogP contribution in [0.1, 0.15) is 31.9 Å². The maximum absolute atomic E-state index is 11.4. The van der Waals surface area contributed by atoms with E-state index in [1.165, 1.54) is 5.56 Å². The minimum atomic E-state index is -0.492. The van der Waals surface area contributed by atoms with Crippen LogP contribution in [-0.2, 0) is 4.74 Å². The van der Waals surface area contributed by atoms with E-state index in [2.05, 4.69) is 10.9 Å². The molecule has 1 aromatic rings. The van der Waals surface area contributed by atoms with Crippen molar-refractivity contribution in [3.63, 3.8) is 0 Å². The van der Waals surface area contributed by atoms with Crippen LogP contribution >= 0.6 is 0 Å². The molecule has 1 rings (SSSR count). The summed E-state index contributed by atoms with van der Waals surface area (Å²) in [5.74, 6) is 0. The number of anilines is 1. The minimum absolute atomic E-state index is 0.488. The number of carbonyl (C=O) groups excluding carboxylic acids is 1. The van der Waals surface area contributed by atoms with Gasteiger partial charge in [-0.2, -0.15) is 0 Å². The molecule has 0 heterocycles.